The van der Waals surface area contributed by atoms with Crippen LogP contribution >= 0.6 is 15.9 Å². The number of hydrogen-bond acceptors (Lipinski definition) is 0. The van der Waals surface area contributed by atoms with E-state index in [-0.39, 0.29) is 0 Å². The Morgan fingerprint density at radius 2 is 1.88 bits per heavy atom. The van der Waals surface area contributed by atoms with Crippen LogP contribution in [0.1, 0.15) is 43.7 Å². The van der Waals surface area contributed by atoms with Gasteiger partial charge in [-0.25, -0.2) is 0 Å². The van der Waals surface area contributed by atoms with E-state index >= 15 is 0 Å². The highest BCUT2D eigenvalue weighted by Crippen LogP contribution is 2.44. The van der Waals surface area contributed by atoms with Crippen LogP contribution in [0.3, 0.4) is 0 Å². The van der Waals surface area contributed by atoms with Crippen molar-refractivity contribution in [1.82, 2.24) is 0 Å². The molecular weight excluding hydrogens is 260 g/mol. The van der Waals surface area contributed by atoms with E-state index < -0.39 is 0 Å². The molecule has 0 aromatic heterocycles. The maximum absolute atomic E-state index is 3.93. The van der Waals surface area contributed by atoms with Gasteiger partial charge in [0.15, 0.2) is 0 Å². The third-order valence-corrected chi connectivity index (χ3v) is 5.59. The summed E-state index contributed by atoms with van der Waals surface area (Å²) >= 11 is 3.93. The number of hydrogen-bond donors (Lipinski definition) is 0. The lowest BCUT2D eigenvalue weighted by molar-refractivity contribution is 0.325. The molecule has 1 aliphatic rings. The van der Waals surface area contributed by atoms with Gasteiger partial charge in [0.1, 0.15) is 0 Å². The topological polar surface area (TPSA) is 0 Å². The molecule has 16 heavy (non-hydrogen) atoms. The van der Waals surface area contributed by atoms with Crippen molar-refractivity contribution in [3.05, 3.63) is 35.4 Å². The predicted octanol–water partition coefficient (Wildman–Crippen LogP) is 4.88. The minimum atomic E-state index is 0.516. The number of halogens is 1. The molecule has 1 aromatic rings. The van der Waals surface area contributed by atoms with Crippen LogP contribution in [-0.2, 0) is 6.42 Å². The molecule has 1 heteroatoms. The van der Waals surface area contributed by atoms with Gasteiger partial charge in [0.25, 0.3) is 0 Å². The SMILES string of the molecule is Cc1ccccc1CC(Br)C1(C)CCCC1. The van der Waals surface area contributed by atoms with Crippen LogP contribution in [0, 0.1) is 12.3 Å². The molecule has 2 rings (SSSR count). The fourth-order valence-electron chi connectivity index (χ4n) is 2.77. The quantitative estimate of drug-likeness (QED) is 0.692. The van der Waals surface area contributed by atoms with E-state index in [0.29, 0.717) is 10.2 Å². The van der Waals surface area contributed by atoms with Crippen LogP contribution in [0.4, 0.5) is 0 Å². The van der Waals surface area contributed by atoms with Gasteiger partial charge in [-0.05, 0) is 42.7 Å². The largest absolute Gasteiger partial charge is 0.0881 e. The first kappa shape index (κ1) is 12.2. The van der Waals surface area contributed by atoms with Crippen molar-refractivity contribution in [2.75, 3.05) is 0 Å². The second-order valence-electron chi connectivity index (χ2n) is 5.46. The molecule has 0 saturated heterocycles. The van der Waals surface area contributed by atoms with Crippen molar-refractivity contribution >= 4 is 15.9 Å². The highest BCUT2D eigenvalue weighted by Gasteiger charge is 2.35. The summed E-state index contributed by atoms with van der Waals surface area (Å²) in [5.74, 6) is 0. The van der Waals surface area contributed by atoms with Crippen molar-refractivity contribution < 1.29 is 0 Å². The average molecular weight is 281 g/mol. The van der Waals surface area contributed by atoms with Gasteiger partial charge in [0.2, 0.25) is 0 Å². The first-order valence-electron chi connectivity index (χ1n) is 6.30. The van der Waals surface area contributed by atoms with Crippen molar-refractivity contribution in [2.45, 2.75) is 50.8 Å². The highest BCUT2D eigenvalue weighted by molar-refractivity contribution is 9.09. The Kier molecular flexibility index (Phi) is 3.73. The standard InChI is InChI=1S/C15H21Br/c1-12-7-3-4-8-13(12)11-14(16)15(2)9-5-6-10-15/h3-4,7-8,14H,5-6,9-11H2,1-2H3. The van der Waals surface area contributed by atoms with Crippen molar-refractivity contribution in [3.8, 4) is 0 Å². The van der Waals surface area contributed by atoms with Gasteiger partial charge in [0, 0.05) is 4.83 Å². The zero-order valence-corrected chi connectivity index (χ0v) is 11.9. The Hall–Kier alpha value is -0.300. The van der Waals surface area contributed by atoms with Crippen LogP contribution in [-0.4, -0.2) is 4.83 Å². The fraction of sp³-hybridized carbons (Fsp3) is 0.600. The van der Waals surface area contributed by atoms with E-state index in [2.05, 4.69) is 54.0 Å². The highest BCUT2D eigenvalue weighted by atomic mass is 79.9. The van der Waals surface area contributed by atoms with Crippen molar-refractivity contribution in [1.29, 1.82) is 0 Å². The predicted molar refractivity (Wildman–Crippen MR) is 74.2 cm³/mol. The molecule has 1 atom stereocenters. The van der Waals surface area contributed by atoms with Crippen LogP contribution in [0.15, 0.2) is 24.3 Å². The van der Waals surface area contributed by atoms with Gasteiger partial charge >= 0.3 is 0 Å². The molecule has 1 aliphatic carbocycles. The minimum Gasteiger partial charge on any atom is -0.0881 e. The van der Waals surface area contributed by atoms with Crippen LogP contribution in [0.5, 0.6) is 0 Å². The molecule has 0 radical (unpaired) electrons. The molecule has 0 bridgehead atoms. The molecule has 1 saturated carbocycles. The maximum atomic E-state index is 3.93. The molecule has 0 aliphatic heterocycles. The lowest BCUT2D eigenvalue weighted by Crippen LogP contribution is -2.26. The van der Waals surface area contributed by atoms with Crippen molar-refractivity contribution in [2.24, 2.45) is 5.41 Å². The second-order valence-corrected chi connectivity index (χ2v) is 6.56. The minimum absolute atomic E-state index is 0.516. The third kappa shape index (κ3) is 2.51. The summed E-state index contributed by atoms with van der Waals surface area (Å²) in [5.41, 5.74) is 3.44. The normalized spacial score (nSPS) is 20.9. The molecular formula is C15H21Br. The molecule has 0 N–H and O–H groups in total. The maximum Gasteiger partial charge on any atom is 0.0240 e. The summed E-state index contributed by atoms with van der Waals surface area (Å²) in [6.07, 6.45) is 6.76. The zero-order valence-electron chi connectivity index (χ0n) is 10.3. The Balaban J connectivity index is 2.07. The average Bonchev–Trinajstić information content (AvgIpc) is 2.70. The summed E-state index contributed by atoms with van der Waals surface area (Å²) in [6.45, 7) is 4.66. The van der Waals surface area contributed by atoms with Gasteiger partial charge in [-0.15, -0.1) is 0 Å². The van der Waals surface area contributed by atoms with Crippen LogP contribution < -0.4 is 0 Å². The number of rotatable bonds is 3. The Bertz CT molecular complexity index is 350. The first-order valence-corrected chi connectivity index (χ1v) is 7.22. The molecule has 1 fully saturated rings. The summed E-state index contributed by atoms with van der Waals surface area (Å²) in [7, 11) is 0. The van der Waals surface area contributed by atoms with E-state index in [1.54, 1.807) is 0 Å². The van der Waals surface area contributed by atoms with Gasteiger partial charge in [-0.3, -0.25) is 0 Å². The van der Waals surface area contributed by atoms with Crippen LogP contribution in [0.25, 0.3) is 0 Å². The summed E-state index contributed by atoms with van der Waals surface area (Å²) in [5, 5.41) is 0. The fourth-order valence-corrected chi connectivity index (χ4v) is 3.58. The molecule has 1 unspecified atom stereocenters. The summed E-state index contributed by atoms with van der Waals surface area (Å²) in [6, 6.07) is 8.76. The third-order valence-electron chi connectivity index (χ3n) is 4.16. The Morgan fingerprint density at radius 3 is 2.50 bits per heavy atom. The summed E-state index contributed by atoms with van der Waals surface area (Å²) in [4.78, 5) is 0.628. The number of aryl methyl sites for hydroxylation is 1. The number of benzene rings is 1. The molecule has 88 valence electrons. The van der Waals surface area contributed by atoms with Gasteiger partial charge < -0.3 is 0 Å². The van der Waals surface area contributed by atoms with Gasteiger partial charge in [0.05, 0.1) is 0 Å². The molecule has 0 amide bonds. The lowest BCUT2D eigenvalue weighted by Gasteiger charge is -2.30. The number of alkyl halides is 1. The molecule has 1 aromatic carbocycles. The smallest absolute Gasteiger partial charge is 0.0240 e. The van der Waals surface area contributed by atoms with Crippen LogP contribution in [0.2, 0.25) is 0 Å². The Labute approximate surface area is 108 Å². The van der Waals surface area contributed by atoms with E-state index in [9.17, 15) is 0 Å². The zero-order chi connectivity index (χ0) is 11.6. The van der Waals surface area contributed by atoms with E-state index in [4.69, 9.17) is 0 Å². The lowest BCUT2D eigenvalue weighted by atomic mass is 9.82. The van der Waals surface area contributed by atoms with E-state index in [1.165, 1.54) is 43.2 Å². The second kappa shape index (κ2) is 4.91. The first-order chi connectivity index (χ1) is 7.62. The molecule has 0 heterocycles. The molecule has 0 nitrogen and oxygen atoms in total. The van der Waals surface area contributed by atoms with Crippen molar-refractivity contribution in [3.63, 3.8) is 0 Å². The molecule has 0 spiro atoms. The van der Waals surface area contributed by atoms with Gasteiger partial charge in [-0.2, -0.15) is 0 Å². The van der Waals surface area contributed by atoms with E-state index in [1.807, 2.05) is 0 Å². The Morgan fingerprint density at radius 1 is 1.25 bits per heavy atom. The van der Waals surface area contributed by atoms with Gasteiger partial charge in [-0.1, -0.05) is 60.0 Å². The monoisotopic (exact) mass is 280 g/mol. The summed E-state index contributed by atoms with van der Waals surface area (Å²) < 4.78 is 0. The van der Waals surface area contributed by atoms with E-state index in [0.717, 1.165) is 0 Å².